The molecule has 0 bridgehead atoms. The van der Waals surface area contributed by atoms with Gasteiger partial charge in [-0.15, -0.1) is 0 Å². The molecule has 0 saturated heterocycles. The van der Waals surface area contributed by atoms with E-state index < -0.39 is 17.6 Å². The van der Waals surface area contributed by atoms with Gasteiger partial charge in [-0.1, -0.05) is 47.5 Å². The summed E-state index contributed by atoms with van der Waals surface area (Å²) in [5.74, 6) is -0.112. The number of nitrogens with one attached hydrogen (secondary N) is 1. The molecule has 3 aromatic carbocycles. The van der Waals surface area contributed by atoms with Crippen molar-refractivity contribution in [2.45, 2.75) is 12.8 Å². The van der Waals surface area contributed by atoms with Gasteiger partial charge in [0, 0.05) is 21.2 Å². The molecule has 9 heteroatoms. The van der Waals surface area contributed by atoms with Gasteiger partial charge in [0.15, 0.2) is 0 Å². The van der Waals surface area contributed by atoms with Crippen LogP contribution in [0, 0.1) is 0 Å². The standard InChI is InChI=1S/C22H15Cl2F3N2O2/c23-18-8-7-16(20(24)11-18)13-31-19-6-2-4-15(10-19)21(30)29-28-12-14-3-1-5-17(9-14)22(25,26)27/h1-12H,13H2,(H,29,30)/b28-12-. The minimum absolute atomic E-state index is 0.175. The summed E-state index contributed by atoms with van der Waals surface area (Å²) < 4.78 is 43.9. The summed E-state index contributed by atoms with van der Waals surface area (Å²) in [6.45, 7) is 0.175. The van der Waals surface area contributed by atoms with E-state index in [1.54, 1.807) is 36.4 Å². The Balaban J connectivity index is 1.61. The van der Waals surface area contributed by atoms with Gasteiger partial charge in [0.05, 0.1) is 11.8 Å². The van der Waals surface area contributed by atoms with Crippen LogP contribution >= 0.6 is 23.2 Å². The normalized spacial score (nSPS) is 11.5. The summed E-state index contributed by atoms with van der Waals surface area (Å²) in [6, 6.07) is 16.0. The van der Waals surface area contributed by atoms with Gasteiger partial charge in [0.25, 0.3) is 5.91 Å². The van der Waals surface area contributed by atoms with E-state index in [-0.39, 0.29) is 17.7 Å². The molecule has 3 rings (SSSR count). The zero-order chi connectivity index (χ0) is 22.4. The molecule has 0 radical (unpaired) electrons. The van der Waals surface area contributed by atoms with E-state index in [9.17, 15) is 18.0 Å². The van der Waals surface area contributed by atoms with Crippen LogP contribution in [0.15, 0.2) is 71.8 Å². The van der Waals surface area contributed by atoms with Crippen LogP contribution in [0.25, 0.3) is 0 Å². The van der Waals surface area contributed by atoms with Gasteiger partial charge >= 0.3 is 6.18 Å². The van der Waals surface area contributed by atoms with Crippen molar-refractivity contribution in [1.29, 1.82) is 0 Å². The van der Waals surface area contributed by atoms with E-state index in [2.05, 4.69) is 10.5 Å². The Labute approximate surface area is 186 Å². The number of ether oxygens (including phenoxy) is 1. The van der Waals surface area contributed by atoms with E-state index in [1.807, 2.05) is 0 Å². The Morgan fingerprint density at radius 1 is 1.03 bits per heavy atom. The Morgan fingerprint density at radius 2 is 1.81 bits per heavy atom. The highest BCUT2D eigenvalue weighted by atomic mass is 35.5. The maximum absolute atomic E-state index is 12.7. The van der Waals surface area contributed by atoms with E-state index in [1.165, 1.54) is 18.2 Å². The van der Waals surface area contributed by atoms with Crippen molar-refractivity contribution in [3.8, 4) is 5.75 Å². The lowest BCUT2D eigenvalue weighted by Gasteiger charge is -2.09. The van der Waals surface area contributed by atoms with Gasteiger partial charge in [0.2, 0.25) is 0 Å². The average Bonchev–Trinajstić information content (AvgIpc) is 2.73. The number of halogens is 5. The summed E-state index contributed by atoms with van der Waals surface area (Å²) in [5.41, 5.74) is 2.68. The van der Waals surface area contributed by atoms with Crippen molar-refractivity contribution in [1.82, 2.24) is 5.43 Å². The topological polar surface area (TPSA) is 50.7 Å². The quantitative estimate of drug-likeness (QED) is 0.339. The smallest absolute Gasteiger partial charge is 0.416 e. The van der Waals surface area contributed by atoms with Crippen LogP contribution in [0.5, 0.6) is 5.75 Å². The number of alkyl halides is 3. The maximum atomic E-state index is 12.7. The Kier molecular flexibility index (Phi) is 7.20. The maximum Gasteiger partial charge on any atom is 0.416 e. The molecular formula is C22H15Cl2F3N2O2. The van der Waals surface area contributed by atoms with Gasteiger partial charge in [-0.3, -0.25) is 4.79 Å². The fourth-order valence-electron chi connectivity index (χ4n) is 2.55. The third-order valence-electron chi connectivity index (χ3n) is 4.10. The second-order valence-electron chi connectivity index (χ2n) is 6.37. The number of hydrogen-bond acceptors (Lipinski definition) is 3. The number of nitrogens with zero attached hydrogens (tertiary/aromatic N) is 1. The fraction of sp³-hybridized carbons (Fsp3) is 0.0909. The summed E-state index contributed by atoms with van der Waals surface area (Å²) in [4.78, 5) is 12.3. The van der Waals surface area contributed by atoms with Crippen molar-refractivity contribution in [2.24, 2.45) is 5.10 Å². The summed E-state index contributed by atoms with van der Waals surface area (Å²) in [7, 11) is 0. The van der Waals surface area contributed by atoms with Crippen molar-refractivity contribution < 1.29 is 22.7 Å². The van der Waals surface area contributed by atoms with Gasteiger partial charge in [0.1, 0.15) is 12.4 Å². The minimum Gasteiger partial charge on any atom is -0.489 e. The van der Waals surface area contributed by atoms with Gasteiger partial charge in [-0.05, 0) is 48.0 Å². The molecule has 1 amide bonds. The Hall–Kier alpha value is -3.03. The molecule has 31 heavy (non-hydrogen) atoms. The van der Waals surface area contributed by atoms with Crippen LogP contribution in [-0.4, -0.2) is 12.1 Å². The van der Waals surface area contributed by atoms with Gasteiger partial charge in [-0.2, -0.15) is 18.3 Å². The van der Waals surface area contributed by atoms with Crippen LogP contribution in [0.3, 0.4) is 0 Å². The van der Waals surface area contributed by atoms with Gasteiger partial charge in [-0.25, -0.2) is 5.43 Å². The summed E-state index contributed by atoms with van der Waals surface area (Å²) in [6.07, 6.45) is -3.32. The number of hydrazone groups is 1. The number of rotatable bonds is 6. The monoisotopic (exact) mass is 466 g/mol. The number of carbonyl (C=O) groups is 1. The first kappa shape index (κ1) is 22.7. The molecule has 4 nitrogen and oxygen atoms in total. The molecule has 0 aliphatic rings. The lowest BCUT2D eigenvalue weighted by molar-refractivity contribution is -0.137. The molecule has 0 heterocycles. The molecule has 0 aliphatic heterocycles. The summed E-state index contributed by atoms with van der Waals surface area (Å²) >= 11 is 12.0. The van der Waals surface area contributed by atoms with E-state index in [0.29, 0.717) is 15.8 Å². The molecule has 3 aromatic rings. The molecule has 0 atom stereocenters. The Morgan fingerprint density at radius 3 is 2.55 bits per heavy atom. The lowest BCUT2D eigenvalue weighted by Crippen LogP contribution is -2.17. The third kappa shape index (κ3) is 6.47. The van der Waals surface area contributed by atoms with Crippen molar-refractivity contribution in [3.05, 3.63) is 99.0 Å². The number of carbonyl (C=O) groups excluding carboxylic acids is 1. The second kappa shape index (κ2) is 9.85. The summed E-state index contributed by atoms with van der Waals surface area (Å²) in [5, 5.41) is 4.70. The van der Waals surface area contributed by atoms with E-state index >= 15 is 0 Å². The number of benzene rings is 3. The van der Waals surface area contributed by atoms with Crippen molar-refractivity contribution in [3.63, 3.8) is 0 Å². The first-order chi connectivity index (χ1) is 14.7. The highest BCUT2D eigenvalue weighted by Crippen LogP contribution is 2.29. The lowest BCUT2D eigenvalue weighted by atomic mass is 10.1. The minimum atomic E-state index is -4.45. The molecule has 0 unspecified atom stereocenters. The average molecular weight is 467 g/mol. The van der Waals surface area contributed by atoms with E-state index in [0.717, 1.165) is 23.9 Å². The van der Waals surface area contributed by atoms with Crippen LogP contribution in [-0.2, 0) is 12.8 Å². The number of hydrogen-bond donors (Lipinski definition) is 1. The predicted molar refractivity (Wildman–Crippen MR) is 114 cm³/mol. The van der Waals surface area contributed by atoms with Crippen LogP contribution in [0.2, 0.25) is 10.0 Å². The van der Waals surface area contributed by atoms with Crippen LogP contribution < -0.4 is 10.2 Å². The first-order valence-corrected chi connectivity index (χ1v) is 9.65. The molecule has 0 fully saturated rings. The Bertz CT molecular complexity index is 1120. The molecule has 0 spiro atoms. The molecular weight excluding hydrogens is 452 g/mol. The van der Waals surface area contributed by atoms with E-state index in [4.69, 9.17) is 27.9 Å². The SMILES string of the molecule is O=C(N/N=C\c1cccc(C(F)(F)F)c1)c1cccc(OCc2ccc(Cl)cc2Cl)c1. The second-order valence-corrected chi connectivity index (χ2v) is 7.22. The molecule has 1 N–H and O–H groups in total. The third-order valence-corrected chi connectivity index (χ3v) is 4.69. The van der Waals surface area contributed by atoms with Crippen molar-refractivity contribution in [2.75, 3.05) is 0 Å². The highest BCUT2D eigenvalue weighted by Gasteiger charge is 2.30. The number of amides is 1. The highest BCUT2D eigenvalue weighted by molar-refractivity contribution is 6.35. The molecule has 160 valence electrons. The predicted octanol–water partition coefficient (Wildman–Crippen LogP) is 6.36. The molecule has 0 aliphatic carbocycles. The molecule has 0 saturated carbocycles. The zero-order valence-corrected chi connectivity index (χ0v) is 17.3. The first-order valence-electron chi connectivity index (χ1n) is 8.90. The zero-order valence-electron chi connectivity index (χ0n) is 15.8. The fourth-order valence-corrected chi connectivity index (χ4v) is 3.02. The van der Waals surface area contributed by atoms with Crippen molar-refractivity contribution >= 4 is 35.3 Å². The largest absolute Gasteiger partial charge is 0.489 e. The molecule has 0 aromatic heterocycles. The van der Waals surface area contributed by atoms with Gasteiger partial charge < -0.3 is 4.74 Å². The van der Waals surface area contributed by atoms with Crippen LogP contribution in [0.1, 0.15) is 27.0 Å². The van der Waals surface area contributed by atoms with Crippen LogP contribution in [0.4, 0.5) is 13.2 Å².